The molecule has 0 saturated heterocycles. The van der Waals surface area contributed by atoms with E-state index in [2.05, 4.69) is 0 Å². The minimum absolute atomic E-state index is 0.135. The van der Waals surface area contributed by atoms with Crippen LogP contribution in [0.15, 0.2) is 77.7 Å². The number of aryl methyl sites for hydroxylation is 1. The maximum absolute atomic E-state index is 14.3. The van der Waals surface area contributed by atoms with E-state index >= 15 is 0 Å². The number of nitro benzene ring substituents is 1. The zero-order valence-corrected chi connectivity index (χ0v) is 16.6. The lowest BCUT2D eigenvalue weighted by Gasteiger charge is -2.31. The Morgan fingerprint density at radius 3 is 2.31 bits per heavy atom. The Morgan fingerprint density at radius 2 is 1.69 bits per heavy atom. The summed E-state index contributed by atoms with van der Waals surface area (Å²) >= 11 is 0. The van der Waals surface area contributed by atoms with Crippen LogP contribution in [0.4, 0.5) is 15.8 Å². The van der Waals surface area contributed by atoms with Gasteiger partial charge in [-0.05, 0) is 43.2 Å². The van der Waals surface area contributed by atoms with Gasteiger partial charge in [0.05, 0.1) is 21.5 Å². The third-order valence-corrected chi connectivity index (χ3v) is 6.52. The first-order chi connectivity index (χ1) is 13.7. The molecule has 0 aliphatic heterocycles. The highest BCUT2D eigenvalue weighted by Crippen LogP contribution is 2.34. The van der Waals surface area contributed by atoms with Crippen molar-refractivity contribution in [1.29, 1.82) is 0 Å². The van der Waals surface area contributed by atoms with E-state index in [9.17, 15) is 22.9 Å². The van der Waals surface area contributed by atoms with Crippen molar-refractivity contribution in [3.8, 4) is 0 Å². The first kappa shape index (κ1) is 20.5. The smallest absolute Gasteiger partial charge is 0.259 e. The number of nitro groups is 1. The van der Waals surface area contributed by atoms with E-state index in [4.69, 9.17) is 0 Å². The summed E-state index contributed by atoms with van der Waals surface area (Å²) in [5.74, 6) is -0.540. The quantitative estimate of drug-likeness (QED) is 0.420. The van der Waals surface area contributed by atoms with Crippen molar-refractivity contribution in [3.63, 3.8) is 0 Å². The summed E-state index contributed by atoms with van der Waals surface area (Å²) in [5, 5.41) is 11.1. The molecule has 0 spiro atoms. The minimum atomic E-state index is -4.22. The molecule has 3 aromatic carbocycles. The van der Waals surface area contributed by atoms with Crippen LogP contribution in [0.5, 0.6) is 0 Å². The molecule has 0 saturated carbocycles. The molecule has 0 fully saturated rings. The first-order valence-corrected chi connectivity index (χ1v) is 10.3. The van der Waals surface area contributed by atoms with Crippen LogP contribution in [0, 0.1) is 22.9 Å². The predicted molar refractivity (Wildman–Crippen MR) is 109 cm³/mol. The third kappa shape index (κ3) is 4.12. The second-order valence-electron chi connectivity index (χ2n) is 6.58. The van der Waals surface area contributed by atoms with Crippen LogP contribution in [-0.4, -0.2) is 13.3 Å². The Balaban J connectivity index is 2.20. The number of nitrogens with zero attached hydrogens (tertiary/aromatic N) is 2. The fourth-order valence-corrected chi connectivity index (χ4v) is 4.70. The van der Waals surface area contributed by atoms with Gasteiger partial charge in [0.2, 0.25) is 0 Å². The fourth-order valence-electron chi connectivity index (χ4n) is 3.03. The lowest BCUT2D eigenvalue weighted by molar-refractivity contribution is -0.385. The number of hydrogen-bond acceptors (Lipinski definition) is 4. The minimum Gasteiger partial charge on any atom is -0.259 e. The van der Waals surface area contributed by atoms with Crippen molar-refractivity contribution < 1.29 is 17.7 Å². The largest absolute Gasteiger partial charge is 0.270 e. The van der Waals surface area contributed by atoms with Crippen LogP contribution in [0.1, 0.15) is 24.1 Å². The standard InChI is InChI=1S/C21H19FN2O4S/c1-15-11-12-18(14-21(15)22)23(16(2)17-7-4-3-5-8-17)29(27,28)20-10-6-9-19(13-20)24(25)26/h3-14,16H,1-2H3/t16-/m0/s1. The Hall–Kier alpha value is -3.26. The molecular formula is C21H19FN2O4S. The van der Waals surface area contributed by atoms with Crippen molar-refractivity contribution in [1.82, 2.24) is 0 Å². The predicted octanol–water partition coefficient (Wildman–Crippen LogP) is 5.00. The molecule has 0 heterocycles. The highest BCUT2D eigenvalue weighted by molar-refractivity contribution is 7.92. The van der Waals surface area contributed by atoms with Crippen molar-refractivity contribution in [2.75, 3.05) is 4.31 Å². The molecule has 3 rings (SSSR count). The molecule has 0 bridgehead atoms. The fraction of sp³-hybridized carbons (Fsp3) is 0.143. The molecule has 6 nitrogen and oxygen atoms in total. The Kier molecular flexibility index (Phi) is 5.65. The van der Waals surface area contributed by atoms with E-state index in [1.807, 2.05) is 0 Å². The SMILES string of the molecule is Cc1ccc(N([C@@H](C)c2ccccc2)S(=O)(=O)c2cccc([N+](=O)[O-])c2)cc1F. The van der Waals surface area contributed by atoms with E-state index in [-0.39, 0.29) is 16.3 Å². The number of sulfonamides is 1. The molecule has 8 heteroatoms. The molecule has 0 unspecified atom stereocenters. The number of benzene rings is 3. The van der Waals surface area contributed by atoms with E-state index in [0.717, 1.165) is 16.4 Å². The number of rotatable bonds is 6. The topological polar surface area (TPSA) is 80.5 Å². The number of non-ortho nitro benzene ring substituents is 1. The van der Waals surface area contributed by atoms with Crippen LogP contribution >= 0.6 is 0 Å². The molecule has 29 heavy (non-hydrogen) atoms. The molecule has 0 amide bonds. The summed E-state index contributed by atoms with van der Waals surface area (Å²) in [6.45, 7) is 3.27. The summed E-state index contributed by atoms with van der Waals surface area (Å²) < 4.78 is 42.3. The molecule has 0 aliphatic carbocycles. The van der Waals surface area contributed by atoms with Gasteiger partial charge in [0.15, 0.2) is 0 Å². The summed E-state index contributed by atoms with van der Waals surface area (Å²) in [6, 6.07) is 17.2. The second-order valence-corrected chi connectivity index (χ2v) is 8.39. The highest BCUT2D eigenvalue weighted by Gasteiger charge is 2.31. The van der Waals surface area contributed by atoms with Crippen molar-refractivity contribution in [2.45, 2.75) is 24.8 Å². The van der Waals surface area contributed by atoms with Crippen molar-refractivity contribution in [2.24, 2.45) is 0 Å². The Labute approximate surface area is 168 Å². The molecule has 150 valence electrons. The lowest BCUT2D eigenvalue weighted by Crippen LogP contribution is -2.34. The normalized spacial score (nSPS) is 12.4. The molecule has 0 N–H and O–H groups in total. The van der Waals surface area contributed by atoms with Gasteiger partial charge in [-0.3, -0.25) is 14.4 Å². The highest BCUT2D eigenvalue weighted by atomic mass is 32.2. The number of anilines is 1. The van der Waals surface area contributed by atoms with E-state index in [1.165, 1.54) is 30.3 Å². The summed E-state index contributed by atoms with van der Waals surface area (Å²) in [5.41, 5.74) is 0.876. The summed E-state index contributed by atoms with van der Waals surface area (Å²) in [6.07, 6.45) is 0. The summed E-state index contributed by atoms with van der Waals surface area (Å²) in [7, 11) is -4.22. The lowest BCUT2D eigenvalue weighted by atomic mass is 10.1. The third-order valence-electron chi connectivity index (χ3n) is 4.63. The van der Waals surface area contributed by atoms with Crippen LogP contribution in [0.2, 0.25) is 0 Å². The van der Waals surface area contributed by atoms with Gasteiger partial charge in [-0.25, -0.2) is 12.8 Å². The van der Waals surface area contributed by atoms with Crippen LogP contribution in [-0.2, 0) is 10.0 Å². The molecule has 3 aromatic rings. The average molecular weight is 414 g/mol. The van der Waals surface area contributed by atoms with E-state index in [1.54, 1.807) is 44.2 Å². The van der Waals surface area contributed by atoms with Crippen molar-refractivity contribution in [3.05, 3.63) is 99.9 Å². The monoisotopic (exact) mass is 414 g/mol. The van der Waals surface area contributed by atoms with Gasteiger partial charge in [-0.2, -0.15) is 0 Å². The molecule has 0 aromatic heterocycles. The zero-order chi connectivity index (χ0) is 21.2. The van der Waals surface area contributed by atoms with Gasteiger partial charge in [0.25, 0.3) is 15.7 Å². The van der Waals surface area contributed by atoms with Gasteiger partial charge >= 0.3 is 0 Å². The Morgan fingerprint density at radius 1 is 1.00 bits per heavy atom. The second kappa shape index (κ2) is 8.00. The number of hydrogen-bond donors (Lipinski definition) is 0. The molecular weight excluding hydrogens is 395 g/mol. The first-order valence-electron chi connectivity index (χ1n) is 8.82. The number of halogens is 1. The van der Waals surface area contributed by atoms with E-state index < -0.39 is 26.8 Å². The maximum Gasteiger partial charge on any atom is 0.270 e. The van der Waals surface area contributed by atoms with Gasteiger partial charge in [-0.15, -0.1) is 0 Å². The van der Waals surface area contributed by atoms with Gasteiger partial charge in [0, 0.05) is 12.1 Å². The molecule has 0 aliphatic rings. The van der Waals surface area contributed by atoms with Crippen LogP contribution < -0.4 is 4.31 Å². The average Bonchev–Trinajstić information content (AvgIpc) is 2.71. The van der Waals surface area contributed by atoms with Crippen LogP contribution in [0.25, 0.3) is 0 Å². The molecule has 0 radical (unpaired) electrons. The summed E-state index contributed by atoms with van der Waals surface area (Å²) in [4.78, 5) is 10.2. The Bertz CT molecular complexity index is 1150. The maximum atomic E-state index is 14.3. The van der Waals surface area contributed by atoms with Crippen LogP contribution in [0.3, 0.4) is 0 Å². The van der Waals surface area contributed by atoms with Gasteiger partial charge < -0.3 is 0 Å². The zero-order valence-electron chi connectivity index (χ0n) is 15.8. The van der Waals surface area contributed by atoms with E-state index in [0.29, 0.717) is 11.1 Å². The van der Waals surface area contributed by atoms with Gasteiger partial charge in [-0.1, -0.05) is 42.5 Å². The van der Waals surface area contributed by atoms with Crippen molar-refractivity contribution >= 4 is 21.4 Å². The van der Waals surface area contributed by atoms with Gasteiger partial charge in [0.1, 0.15) is 5.82 Å². The molecule has 1 atom stereocenters.